The van der Waals surface area contributed by atoms with E-state index in [1.165, 1.54) is 0 Å². The van der Waals surface area contributed by atoms with E-state index in [0.29, 0.717) is 0 Å². The van der Waals surface area contributed by atoms with Crippen molar-refractivity contribution in [3.63, 3.8) is 0 Å². The number of anilines is 2. The molecule has 0 unspecified atom stereocenters. The molecule has 1 aromatic carbocycles. The molecule has 0 radical (unpaired) electrons. The van der Waals surface area contributed by atoms with E-state index in [0.717, 1.165) is 44.5 Å². The van der Waals surface area contributed by atoms with Crippen molar-refractivity contribution in [1.29, 1.82) is 0 Å². The van der Waals surface area contributed by atoms with Gasteiger partial charge in [-0.05, 0) is 44.2 Å². The molecule has 0 bridgehead atoms. The van der Waals surface area contributed by atoms with Gasteiger partial charge in [-0.15, -0.1) is 11.3 Å². The van der Waals surface area contributed by atoms with E-state index >= 15 is 0 Å². The molecular formula is C18H17BrN4S. The average molecular weight is 401 g/mol. The lowest BCUT2D eigenvalue weighted by Crippen LogP contribution is -1.93. The number of thiazole rings is 1. The number of benzene rings is 1. The van der Waals surface area contributed by atoms with E-state index in [9.17, 15) is 0 Å². The van der Waals surface area contributed by atoms with Crippen LogP contribution in [0.5, 0.6) is 0 Å². The van der Waals surface area contributed by atoms with Crippen LogP contribution in [0, 0.1) is 0 Å². The van der Waals surface area contributed by atoms with Gasteiger partial charge in [-0.25, -0.2) is 15.0 Å². The summed E-state index contributed by atoms with van der Waals surface area (Å²) in [7, 11) is 0. The van der Waals surface area contributed by atoms with Crippen LogP contribution in [0.4, 0.5) is 10.8 Å². The maximum absolute atomic E-state index is 4.69. The molecule has 0 spiro atoms. The smallest absolute Gasteiger partial charge is 0.187 e. The van der Waals surface area contributed by atoms with Crippen molar-refractivity contribution in [2.45, 2.75) is 20.3 Å². The predicted octanol–water partition coefficient (Wildman–Crippen LogP) is 5.83. The molecule has 3 rings (SSSR count). The zero-order chi connectivity index (χ0) is 16.9. The van der Waals surface area contributed by atoms with Gasteiger partial charge in [-0.1, -0.05) is 22.0 Å². The SMILES string of the molecule is C/C=C\C=NC1=NC(C)=C(c2csc(Nc3ccc(Br)cc3)n2)C1. The molecule has 0 atom stereocenters. The summed E-state index contributed by atoms with van der Waals surface area (Å²) in [5.74, 6) is 0.830. The normalized spacial score (nSPS) is 14.9. The van der Waals surface area contributed by atoms with Crippen LogP contribution in [0.15, 0.2) is 62.0 Å². The fourth-order valence-electron chi connectivity index (χ4n) is 2.28. The van der Waals surface area contributed by atoms with Crippen molar-refractivity contribution in [1.82, 2.24) is 4.98 Å². The van der Waals surface area contributed by atoms with E-state index in [-0.39, 0.29) is 0 Å². The van der Waals surface area contributed by atoms with Gasteiger partial charge in [0.25, 0.3) is 0 Å². The number of nitrogens with zero attached hydrogens (tertiary/aromatic N) is 3. The van der Waals surface area contributed by atoms with Crippen LogP contribution >= 0.6 is 27.3 Å². The van der Waals surface area contributed by atoms with E-state index in [4.69, 9.17) is 0 Å². The van der Waals surface area contributed by atoms with Gasteiger partial charge in [0, 0.05) is 39.4 Å². The average Bonchev–Trinajstić information content (AvgIpc) is 3.16. The van der Waals surface area contributed by atoms with Crippen molar-refractivity contribution in [3.05, 3.63) is 57.7 Å². The second-order valence-corrected chi connectivity index (χ2v) is 7.02. The first-order chi connectivity index (χ1) is 11.7. The molecule has 1 aliphatic rings. The fourth-order valence-corrected chi connectivity index (χ4v) is 3.29. The summed E-state index contributed by atoms with van der Waals surface area (Å²) in [6.07, 6.45) is 6.34. The van der Waals surface area contributed by atoms with E-state index < -0.39 is 0 Å². The summed E-state index contributed by atoms with van der Waals surface area (Å²) in [6, 6.07) is 8.04. The largest absolute Gasteiger partial charge is 0.332 e. The Morgan fingerprint density at radius 3 is 2.83 bits per heavy atom. The van der Waals surface area contributed by atoms with Gasteiger partial charge in [-0.2, -0.15) is 0 Å². The lowest BCUT2D eigenvalue weighted by atomic mass is 10.1. The molecule has 1 aromatic heterocycles. The molecule has 0 saturated carbocycles. The number of halogens is 1. The number of aliphatic imine (C=N–C) groups is 2. The molecule has 4 nitrogen and oxygen atoms in total. The molecule has 24 heavy (non-hydrogen) atoms. The Balaban J connectivity index is 1.70. The van der Waals surface area contributed by atoms with Crippen molar-refractivity contribution >= 4 is 55.7 Å². The van der Waals surface area contributed by atoms with Crippen molar-refractivity contribution in [2.75, 3.05) is 5.32 Å². The lowest BCUT2D eigenvalue weighted by Gasteiger charge is -2.02. The van der Waals surface area contributed by atoms with Crippen molar-refractivity contribution < 1.29 is 0 Å². The molecular weight excluding hydrogens is 384 g/mol. The third-order valence-corrected chi connectivity index (χ3v) is 4.77. The van der Waals surface area contributed by atoms with Gasteiger partial charge in [0.15, 0.2) is 5.13 Å². The zero-order valence-corrected chi connectivity index (χ0v) is 15.9. The molecule has 122 valence electrons. The van der Waals surface area contributed by atoms with E-state index in [2.05, 4.69) is 41.6 Å². The first kappa shape index (κ1) is 16.8. The van der Waals surface area contributed by atoms with Gasteiger partial charge in [0.1, 0.15) is 5.84 Å². The van der Waals surface area contributed by atoms with Crippen molar-refractivity contribution in [2.24, 2.45) is 9.98 Å². The number of hydrogen-bond acceptors (Lipinski definition) is 5. The van der Waals surface area contributed by atoms with Crippen LogP contribution in [0.3, 0.4) is 0 Å². The summed E-state index contributed by atoms with van der Waals surface area (Å²) in [6.45, 7) is 3.97. The second-order valence-electron chi connectivity index (χ2n) is 5.24. The number of hydrogen-bond donors (Lipinski definition) is 1. The Bertz CT molecular complexity index is 844. The van der Waals surface area contributed by atoms with Gasteiger partial charge < -0.3 is 5.32 Å². The number of nitrogens with one attached hydrogen (secondary N) is 1. The van der Waals surface area contributed by atoms with Crippen LogP contribution < -0.4 is 5.32 Å². The summed E-state index contributed by atoms with van der Waals surface area (Å²) < 4.78 is 1.06. The highest BCUT2D eigenvalue weighted by Crippen LogP contribution is 2.32. The molecule has 2 aromatic rings. The number of amidine groups is 1. The van der Waals surface area contributed by atoms with Gasteiger partial charge >= 0.3 is 0 Å². The fraction of sp³-hybridized carbons (Fsp3) is 0.167. The van der Waals surface area contributed by atoms with Crippen molar-refractivity contribution in [3.8, 4) is 0 Å². The summed E-state index contributed by atoms with van der Waals surface area (Å²) in [4.78, 5) is 13.6. The Labute approximate surface area is 153 Å². The van der Waals surface area contributed by atoms with Gasteiger partial charge in [-0.3, -0.25) is 0 Å². The summed E-state index contributed by atoms with van der Waals surface area (Å²) in [5, 5.41) is 6.27. The molecule has 0 aliphatic carbocycles. The molecule has 2 heterocycles. The molecule has 1 N–H and O–H groups in total. The molecule has 0 saturated heterocycles. The number of allylic oxidation sites excluding steroid dienone is 3. The highest BCUT2D eigenvalue weighted by atomic mass is 79.9. The Morgan fingerprint density at radius 2 is 2.08 bits per heavy atom. The van der Waals surface area contributed by atoms with Crippen LogP contribution in [0.2, 0.25) is 0 Å². The molecule has 1 aliphatic heterocycles. The lowest BCUT2D eigenvalue weighted by molar-refractivity contribution is 1.28. The maximum Gasteiger partial charge on any atom is 0.187 e. The van der Waals surface area contributed by atoms with E-state index in [1.807, 2.05) is 50.3 Å². The van der Waals surface area contributed by atoms with Gasteiger partial charge in [0.05, 0.1) is 5.69 Å². The summed E-state index contributed by atoms with van der Waals surface area (Å²) in [5.41, 5.74) is 4.12. The minimum Gasteiger partial charge on any atom is -0.332 e. The van der Waals surface area contributed by atoms with Crippen LogP contribution in [-0.2, 0) is 0 Å². The third kappa shape index (κ3) is 4.07. The Kier molecular flexibility index (Phi) is 5.37. The predicted molar refractivity (Wildman–Crippen MR) is 107 cm³/mol. The van der Waals surface area contributed by atoms with Crippen LogP contribution in [0.25, 0.3) is 5.57 Å². The highest BCUT2D eigenvalue weighted by Gasteiger charge is 2.18. The minimum atomic E-state index is 0.724. The topological polar surface area (TPSA) is 49.6 Å². The molecule has 0 amide bonds. The van der Waals surface area contributed by atoms with E-state index in [1.54, 1.807) is 17.6 Å². The number of rotatable bonds is 4. The van der Waals surface area contributed by atoms with Crippen LogP contribution in [-0.4, -0.2) is 17.0 Å². The maximum atomic E-state index is 4.69. The molecule has 0 fully saturated rings. The quantitative estimate of drug-likeness (QED) is 0.656. The third-order valence-electron chi connectivity index (χ3n) is 3.48. The Hall–Kier alpha value is -2.05. The number of aromatic nitrogens is 1. The van der Waals surface area contributed by atoms with Crippen LogP contribution in [0.1, 0.15) is 26.0 Å². The second kappa shape index (κ2) is 7.68. The minimum absolute atomic E-state index is 0.724. The monoisotopic (exact) mass is 400 g/mol. The first-order valence-electron chi connectivity index (χ1n) is 7.57. The summed E-state index contributed by atoms with van der Waals surface area (Å²) >= 11 is 5.03. The zero-order valence-electron chi connectivity index (χ0n) is 13.5. The Morgan fingerprint density at radius 1 is 1.29 bits per heavy atom. The molecule has 6 heteroatoms. The first-order valence-corrected chi connectivity index (χ1v) is 9.24. The van der Waals surface area contributed by atoms with Gasteiger partial charge in [0.2, 0.25) is 0 Å². The highest BCUT2D eigenvalue weighted by molar-refractivity contribution is 9.10. The standard InChI is InChI=1S/C18H17BrN4S/c1-3-4-9-20-17-10-15(12(2)21-17)16-11-24-18(23-16)22-14-7-5-13(19)6-8-14/h3-9,11H,10H2,1-2H3,(H,22,23)/b4-3-,20-9?.